The van der Waals surface area contributed by atoms with Gasteiger partial charge in [-0.05, 0) is 41.8 Å². The number of alkyl carbamates (subject to hydrolysis) is 1. The number of hydrogen-bond acceptors (Lipinski definition) is 5. The number of anilines is 1. The number of amides is 2. The van der Waals surface area contributed by atoms with Crippen LogP contribution in [0.4, 0.5) is 9.93 Å². The number of benzene rings is 3. The largest absolute Gasteiger partial charge is 0.445 e. The number of carbonyl (C=O) groups excluding carboxylic acids is 2. The van der Waals surface area contributed by atoms with Gasteiger partial charge in [0, 0.05) is 23.5 Å². The summed E-state index contributed by atoms with van der Waals surface area (Å²) >= 11 is 1.40. The SMILES string of the molecule is Cc1ccc2nc(NC(=O)C(Cc3c[nH]c4ccccc34)NC(=O)OCc3ccccc3)sc2c1. The van der Waals surface area contributed by atoms with Gasteiger partial charge in [-0.15, -0.1) is 0 Å². The molecule has 0 aliphatic heterocycles. The maximum absolute atomic E-state index is 13.3. The van der Waals surface area contributed by atoms with Crippen LogP contribution in [0.3, 0.4) is 0 Å². The Hall–Kier alpha value is -4.17. The Morgan fingerprint density at radius 1 is 1.06 bits per heavy atom. The number of aromatic nitrogens is 2. The number of hydrogen-bond donors (Lipinski definition) is 3. The van der Waals surface area contributed by atoms with E-state index in [1.165, 1.54) is 11.3 Å². The molecule has 3 aromatic carbocycles. The third-order valence-corrected chi connectivity index (χ3v) is 6.63. The summed E-state index contributed by atoms with van der Waals surface area (Å²) in [6.45, 7) is 2.13. The van der Waals surface area contributed by atoms with Crippen LogP contribution in [-0.4, -0.2) is 28.0 Å². The fraction of sp³-hybridized carbons (Fsp3) is 0.148. The molecule has 5 rings (SSSR count). The van der Waals surface area contributed by atoms with Gasteiger partial charge < -0.3 is 20.4 Å². The Morgan fingerprint density at radius 2 is 1.86 bits per heavy atom. The van der Waals surface area contributed by atoms with Crippen molar-refractivity contribution in [3.8, 4) is 0 Å². The summed E-state index contributed by atoms with van der Waals surface area (Å²) in [7, 11) is 0. The van der Waals surface area contributed by atoms with Gasteiger partial charge in [-0.1, -0.05) is 65.9 Å². The highest BCUT2D eigenvalue weighted by Crippen LogP contribution is 2.27. The molecule has 3 N–H and O–H groups in total. The maximum Gasteiger partial charge on any atom is 0.408 e. The molecule has 7 nitrogen and oxygen atoms in total. The van der Waals surface area contributed by atoms with E-state index in [1.54, 1.807) is 0 Å². The zero-order valence-corrected chi connectivity index (χ0v) is 19.9. The van der Waals surface area contributed by atoms with Crippen LogP contribution in [0.1, 0.15) is 16.7 Å². The lowest BCUT2D eigenvalue weighted by Crippen LogP contribution is -2.45. The van der Waals surface area contributed by atoms with Gasteiger partial charge in [-0.3, -0.25) is 4.79 Å². The molecule has 1 atom stereocenters. The van der Waals surface area contributed by atoms with E-state index in [0.717, 1.165) is 37.8 Å². The van der Waals surface area contributed by atoms with Crippen molar-refractivity contribution >= 4 is 49.6 Å². The van der Waals surface area contributed by atoms with Crippen molar-refractivity contribution in [2.45, 2.75) is 26.0 Å². The number of para-hydroxylation sites is 1. The number of thiazole rings is 1. The van der Waals surface area contributed by atoms with E-state index in [2.05, 4.69) is 20.6 Å². The molecule has 0 bridgehead atoms. The van der Waals surface area contributed by atoms with E-state index in [1.807, 2.05) is 85.9 Å². The molecule has 1 unspecified atom stereocenters. The van der Waals surface area contributed by atoms with Crippen LogP contribution in [0.5, 0.6) is 0 Å². The van der Waals surface area contributed by atoms with Crippen molar-refractivity contribution in [1.29, 1.82) is 0 Å². The van der Waals surface area contributed by atoms with E-state index in [-0.39, 0.29) is 12.5 Å². The number of nitrogens with one attached hydrogen (secondary N) is 3. The molecule has 0 fully saturated rings. The van der Waals surface area contributed by atoms with Crippen LogP contribution >= 0.6 is 11.3 Å². The number of carbonyl (C=O) groups is 2. The fourth-order valence-electron chi connectivity index (χ4n) is 3.91. The highest BCUT2D eigenvalue weighted by molar-refractivity contribution is 7.22. The first-order valence-corrected chi connectivity index (χ1v) is 12.1. The highest BCUT2D eigenvalue weighted by Gasteiger charge is 2.24. The van der Waals surface area contributed by atoms with Crippen LogP contribution < -0.4 is 10.6 Å². The van der Waals surface area contributed by atoms with E-state index in [0.29, 0.717) is 11.6 Å². The van der Waals surface area contributed by atoms with Gasteiger partial charge in [-0.25, -0.2) is 9.78 Å². The van der Waals surface area contributed by atoms with Crippen LogP contribution in [0.25, 0.3) is 21.1 Å². The molecule has 2 aromatic heterocycles. The summed E-state index contributed by atoms with van der Waals surface area (Å²) < 4.78 is 6.37. The molecule has 0 saturated carbocycles. The van der Waals surface area contributed by atoms with Gasteiger partial charge in [0.15, 0.2) is 5.13 Å². The fourth-order valence-corrected chi connectivity index (χ4v) is 4.88. The van der Waals surface area contributed by atoms with Crippen LogP contribution in [0.15, 0.2) is 79.0 Å². The molecule has 0 saturated heterocycles. The second-order valence-corrected chi connectivity index (χ2v) is 9.33. The number of aromatic amines is 1. The molecule has 0 radical (unpaired) electrons. The summed E-state index contributed by atoms with van der Waals surface area (Å²) in [5.41, 5.74) is 4.70. The quantitative estimate of drug-likeness (QED) is 0.282. The predicted molar refractivity (Wildman–Crippen MR) is 139 cm³/mol. The van der Waals surface area contributed by atoms with E-state index >= 15 is 0 Å². The second-order valence-electron chi connectivity index (χ2n) is 8.30. The van der Waals surface area contributed by atoms with Gasteiger partial charge in [0.1, 0.15) is 12.6 Å². The van der Waals surface area contributed by atoms with E-state index in [4.69, 9.17) is 4.74 Å². The summed E-state index contributed by atoms with van der Waals surface area (Å²) in [6, 6.07) is 22.3. The number of aryl methyl sites for hydroxylation is 1. The summed E-state index contributed by atoms with van der Waals surface area (Å²) in [5.74, 6) is -0.359. The first kappa shape index (κ1) is 22.6. The molecule has 8 heteroatoms. The molecule has 35 heavy (non-hydrogen) atoms. The van der Waals surface area contributed by atoms with Gasteiger partial charge in [0.05, 0.1) is 10.2 Å². The second kappa shape index (κ2) is 9.99. The van der Waals surface area contributed by atoms with Crippen LogP contribution in [0, 0.1) is 6.92 Å². The Bertz CT molecular complexity index is 1490. The zero-order valence-electron chi connectivity index (χ0n) is 19.1. The van der Waals surface area contributed by atoms with Crippen molar-refractivity contribution in [2.75, 3.05) is 5.32 Å². The molecular weight excluding hydrogens is 460 g/mol. The third kappa shape index (κ3) is 5.33. The number of H-pyrrole nitrogens is 1. The van der Waals surface area contributed by atoms with E-state index < -0.39 is 12.1 Å². The molecular formula is C27H24N4O3S. The Labute approximate surface area is 206 Å². The summed E-state index contributed by atoms with van der Waals surface area (Å²) in [5, 5.41) is 7.11. The Kier molecular flexibility index (Phi) is 6.45. The lowest BCUT2D eigenvalue weighted by atomic mass is 10.0. The maximum atomic E-state index is 13.3. The van der Waals surface area contributed by atoms with Crippen molar-refractivity contribution in [1.82, 2.24) is 15.3 Å². The number of fused-ring (bicyclic) bond motifs is 2. The molecule has 2 amide bonds. The first-order valence-electron chi connectivity index (χ1n) is 11.3. The number of ether oxygens (including phenoxy) is 1. The molecule has 0 aliphatic rings. The van der Waals surface area contributed by atoms with Gasteiger partial charge >= 0.3 is 6.09 Å². The molecule has 2 heterocycles. The number of nitrogens with zero attached hydrogens (tertiary/aromatic N) is 1. The minimum atomic E-state index is -0.855. The average molecular weight is 485 g/mol. The minimum Gasteiger partial charge on any atom is -0.445 e. The van der Waals surface area contributed by atoms with E-state index in [9.17, 15) is 9.59 Å². The van der Waals surface area contributed by atoms with Gasteiger partial charge in [0.25, 0.3) is 0 Å². The third-order valence-electron chi connectivity index (χ3n) is 5.69. The molecule has 0 aliphatic carbocycles. The smallest absolute Gasteiger partial charge is 0.408 e. The van der Waals surface area contributed by atoms with Crippen molar-refractivity contribution in [3.05, 3.63) is 95.7 Å². The molecule has 176 valence electrons. The Morgan fingerprint density at radius 3 is 2.71 bits per heavy atom. The number of rotatable bonds is 7. The van der Waals surface area contributed by atoms with Crippen LogP contribution in [-0.2, 0) is 22.6 Å². The predicted octanol–water partition coefficient (Wildman–Crippen LogP) is 5.56. The average Bonchev–Trinajstić information content (AvgIpc) is 3.46. The highest BCUT2D eigenvalue weighted by atomic mass is 32.1. The molecule has 5 aromatic rings. The normalized spacial score (nSPS) is 11.9. The van der Waals surface area contributed by atoms with Crippen molar-refractivity contribution in [2.24, 2.45) is 0 Å². The van der Waals surface area contributed by atoms with Crippen LogP contribution in [0.2, 0.25) is 0 Å². The zero-order chi connectivity index (χ0) is 24.2. The van der Waals surface area contributed by atoms with Gasteiger partial charge in [0.2, 0.25) is 5.91 Å². The first-order chi connectivity index (χ1) is 17.0. The van der Waals surface area contributed by atoms with Gasteiger partial charge in [-0.2, -0.15) is 0 Å². The van der Waals surface area contributed by atoms with Crippen molar-refractivity contribution < 1.29 is 14.3 Å². The summed E-state index contributed by atoms with van der Waals surface area (Å²) in [6.07, 6.45) is 1.50. The lowest BCUT2D eigenvalue weighted by molar-refractivity contribution is -0.118. The molecule has 0 spiro atoms. The lowest BCUT2D eigenvalue weighted by Gasteiger charge is -2.17. The minimum absolute atomic E-state index is 0.116. The topological polar surface area (TPSA) is 96.1 Å². The van der Waals surface area contributed by atoms with Crippen molar-refractivity contribution in [3.63, 3.8) is 0 Å². The standard InChI is InChI=1S/C27H24N4O3S/c1-17-11-12-22-24(13-17)35-26(29-22)31-25(32)23(14-19-15-28-21-10-6-5-9-20(19)21)30-27(33)34-16-18-7-3-2-4-8-18/h2-13,15,23,28H,14,16H2,1H3,(H,30,33)(H,29,31,32). The Balaban J connectivity index is 1.34. The monoisotopic (exact) mass is 484 g/mol. The summed E-state index contributed by atoms with van der Waals surface area (Å²) in [4.78, 5) is 33.7.